The highest BCUT2D eigenvalue weighted by Crippen LogP contribution is 2.25. The van der Waals surface area contributed by atoms with E-state index in [4.69, 9.17) is 11.6 Å². The maximum Gasteiger partial charge on any atom is 0.126 e. The number of alkyl halides is 1. The molecule has 0 bridgehead atoms. The van der Waals surface area contributed by atoms with Gasteiger partial charge in [0.1, 0.15) is 10.8 Å². The van der Waals surface area contributed by atoms with Gasteiger partial charge in [-0.3, -0.25) is 0 Å². The molecule has 17 heavy (non-hydrogen) atoms. The van der Waals surface area contributed by atoms with Gasteiger partial charge in [-0.2, -0.15) is 0 Å². The predicted molar refractivity (Wildman–Crippen MR) is 71.3 cm³/mol. The Balaban J connectivity index is 2.21. The summed E-state index contributed by atoms with van der Waals surface area (Å²) in [5.41, 5.74) is 2.54. The maximum absolute atomic E-state index is 13.4. The van der Waals surface area contributed by atoms with Crippen LogP contribution in [0.5, 0.6) is 0 Å². The van der Waals surface area contributed by atoms with E-state index in [2.05, 4.69) is 4.98 Å². The van der Waals surface area contributed by atoms with Crippen molar-refractivity contribution >= 4 is 22.9 Å². The molecular weight excluding hydrogens is 257 g/mol. The highest BCUT2D eigenvalue weighted by molar-refractivity contribution is 7.13. The summed E-state index contributed by atoms with van der Waals surface area (Å²) in [6, 6.07) is 5.23. The third-order valence-electron chi connectivity index (χ3n) is 2.54. The van der Waals surface area contributed by atoms with E-state index >= 15 is 0 Å². The van der Waals surface area contributed by atoms with Gasteiger partial charge in [0.05, 0.1) is 5.69 Å². The van der Waals surface area contributed by atoms with Gasteiger partial charge in [0, 0.05) is 16.8 Å². The number of hydrogen-bond donors (Lipinski definition) is 0. The Hall–Kier alpha value is -0.930. The van der Waals surface area contributed by atoms with Crippen LogP contribution in [0.15, 0.2) is 23.6 Å². The molecule has 0 aliphatic carbocycles. The van der Waals surface area contributed by atoms with Crippen molar-refractivity contribution in [3.8, 4) is 10.6 Å². The van der Waals surface area contributed by atoms with Gasteiger partial charge in [0.25, 0.3) is 0 Å². The first-order valence-electron chi connectivity index (χ1n) is 5.47. The minimum atomic E-state index is -0.181. The van der Waals surface area contributed by atoms with Crippen LogP contribution >= 0.6 is 22.9 Å². The van der Waals surface area contributed by atoms with E-state index < -0.39 is 0 Å². The Morgan fingerprint density at radius 3 is 2.94 bits per heavy atom. The molecule has 1 aromatic heterocycles. The zero-order valence-electron chi connectivity index (χ0n) is 9.54. The Morgan fingerprint density at radius 2 is 2.24 bits per heavy atom. The lowest BCUT2D eigenvalue weighted by molar-refractivity contribution is 0.619. The molecule has 0 N–H and O–H groups in total. The molecule has 0 aliphatic rings. The summed E-state index contributed by atoms with van der Waals surface area (Å²) in [7, 11) is 0. The first-order valence-corrected chi connectivity index (χ1v) is 6.89. The van der Waals surface area contributed by atoms with Crippen molar-refractivity contribution in [1.29, 1.82) is 0 Å². The van der Waals surface area contributed by atoms with Crippen LogP contribution in [0.25, 0.3) is 10.6 Å². The predicted octanol–water partition coefficient (Wildman–Crippen LogP) is 4.43. The lowest BCUT2D eigenvalue weighted by atomic mass is 10.1. The number of halogens is 2. The fraction of sp³-hybridized carbons (Fsp3) is 0.308. The highest BCUT2D eigenvalue weighted by Gasteiger charge is 2.06. The smallest absolute Gasteiger partial charge is 0.126 e. The average Bonchev–Trinajstić information content (AvgIpc) is 2.79. The Labute approximate surface area is 109 Å². The van der Waals surface area contributed by atoms with Gasteiger partial charge in [-0.15, -0.1) is 22.9 Å². The molecule has 0 fully saturated rings. The molecule has 0 radical (unpaired) electrons. The van der Waals surface area contributed by atoms with Crippen LogP contribution in [-0.4, -0.2) is 10.9 Å². The lowest BCUT2D eigenvalue weighted by Crippen LogP contribution is -1.87. The van der Waals surface area contributed by atoms with E-state index in [-0.39, 0.29) is 5.82 Å². The molecular formula is C13H13ClFNS. The molecule has 0 spiro atoms. The molecule has 4 heteroatoms. The third kappa shape index (κ3) is 3.05. The SMILES string of the molecule is Cc1ccc(-c2nc(CCCCl)cs2)cc1F. The molecule has 0 atom stereocenters. The van der Waals surface area contributed by atoms with Crippen LogP contribution < -0.4 is 0 Å². The highest BCUT2D eigenvalue weighted by atomic mass is 35.5. The Kier molecular flexibility index (Phi) is 4.13. The largest absolute Gasteiger partial charge is 0.241 e. The van der Waals surface area contributed by atoms with Gasteiger partial charge in [0.2, 0.25) is 0 Å². The van der Waals surface area contributed by atoms with Crippen molar-refractivity contribution in [2.24, 2.45) is 0 Å². The zero-order valence-corrected chi connectivity index (χ0v) is 11.1. The molecule has 0 amide bonds. The Bertz CT molecular complexity index is 510. The van der Waals surface area contributed by atoms with Gasteiger partial charge in [-0.1, -0.05) is 12.1 Å². The molecule has 2 aromatic rings. The number of benzene rings is 1. The van der Waals surface area contributed by atoms with Crippen molar-refractivity contribution in [2.45, 2.75) is 19.8 Å². The Morgan fingerprint density at radius 1 is 1.41 bits per heavy atom. The summed E-state index contributed by atoms with van der Waals surface area (Å²) in [6.07, 6.45) is 1.81. The minimum Gasteiger partial charge on any atom is -0.241 e. The van der Waals surface area contributed by atoms with Gasteiger partial charge >= 0.3 is 0 Å². The molecule has 0 saturated heterocycles. The van der Waals surface area contributed by atoms with E-state index in [0.717, 1.165) is 29.1 Å². The molecule has 0 saturated carbocycles. The first-order chi connectivity index (χ1) is 8.20. The van der Waals surface area contributed by atoms with Crippen molar-refractivity contribution in [3.05, 3.63) is 40.7 Å². The van der Waals surface area contributed by atoms with Crippen molar-refractivity contribution < 1.29 is 4.39 Å². The molecule has 0 aliphatic heterocycles. The van der Waals surface area contributed by atoms with E-state index in [0.29, 0.717) is 11.4 Å². The maximum atomic E-state index is 13.4. The summed E-state index contributed by atoms with van der Waals surface area (Å²) in [5.74, 6) is 0.464. The zero-order chi connectivity index (χ0) is 12.3. The van der Waals surface area contributed by atoms with E-state index in [1.165, 1.54) is 0 Å². The van der Waals surface area contributed by atoms with Crippen molar-refractivity contribution in [3.63, 3.8) is 0 Å². The van der Waals surface area contributed by atoms with Gasteiger partial charge in [-0.05, 0) is 31.4 Å². The van der Waals surface area contributed by atoms with E-state index in [1.807, 2.05) is 11.4 Å². The van der Waals surface area contributed by atoms with Gasteiger partial charge in [-0.25, -0.2) is 9.37 Å². The van der Waals surface area contributed by atoms with Crippen LogP contribution in [0.1, 0.15) is 17.7 Å². The summed E-state index contributed by atoms with van der Waals surface area (Å²) in [5, 5.41) is 2.88. The van der Waals surface area contributed by atoms with Crippen molar-refractivity contribution in [1.82, 2.24) is 4.98 Å². The number of hydrogen-bond acceptors (Lipinski definition) is 2. The van der Waals surface area contributed by atoms with E-state index in [1.54, 1.807) is 30.4 Å². The molecule has 1 nitrogen and oxygen atoms in total. The molecule has 90 valence electrons. The summed E-state index contributed by atoms with van der Waals surface area (Å²) in [6.45, 7) is 1.76. The normalized spacial score (nSPS) is 10.8. The number of aryl methyl sites for hydroxylation is 2. The fourth-order valence-corrected chi connectivity index (χ4v) is 2.51. The second kappa shape index (κ2) is 5.61. The minimum absolute atomic E-state index is 0.181. The van der Waals surface area contributed by atoms with Crippen LogP contribution in [-0.2, 0) is 6.42 Å². The van der Waals surface area contributed by atoms with Gasteiger partial charge in [0.15, 0.2) is 0 Å². The fourth-order valence-electron chi connectivity index (χ4n) is 1.53. The van der Waals surface area contributed by atoms with Crippen molar-refractivity contribution in [2.75, 3.05) is 5.88 Å². The molecule has 1 aromatic carbocycles. The first kappa shape index (κ1) is 12.5. The number of aromatic nitrogens is 1. The number of thiazole rings is 1. The monoisotopic (exact) mass is 269 g/mol. The summed E-state index contributed by atoms with van der Waals surface area (Å²) >= 11 is 7.19. The summed E-state index contributed by atoms with van der Waals surface area (Å²) < 4.78 is 13.4. The topological polar surface area (TPSA) is 12.9 Å². The van der Waals surface area contributed by atoms with Crippen LogP contribution in [0, 0.1) is 12.7 Å². The molecule has 0 unspecified atom stereocenters. The second-order valence-corrected chi connectivity index (χ2v) is 5.14. The van der Waals surface area contributed by atoms with E-state index in [9.17, 15) is 4.39 Å². The second-order valence-electron chi connectivity index (χ2n) is 3.90. The average molecular weight is 270 g/mol. The lowest BCUT2D eigenvalue weighted by Gasteiger charge is -1.99. The van der Waals surface area contributed by atoms with Crippen LogP contribution in [0.4, 0.5) is 4.39 Å². The standard InChI is InChI=1S/C13H13ClFNS/c1-9-4-5-10(7-12(9)15)13-16-11(8-17-13)3-2-6-14/h4-5,7-8H,2-3,6H2,1H3. The number of nitrogens with zero attached hydrogens (tertiary/aromatic N) is 1. The van der Waals surface area contributed by atoms with Gasteiger partial charge < -0.3 is 0 Å². The summed E-state index contributed by atoms with van der Waals surface area (Å²) in [4.78, 5) is 4.48. The quantitative estimate of drug-likeness (QED) is 0.749. The van der Waals surface area contributed by atoms with Crippen LogP contribution in [0.2, 0.25) is 0 Å². The third-order valence-corrected chi connectivity index (χ3v) is 3.74. The number of rotatable bonds is 4. The van der Waals surface area contributed by atoms with Crippen LogP contribution in [0.3, 0.4) is 0 Å². The molecule has 1 heterocycles. The molecule has 2 rings (SSSR count).